The topological polar surface area (TPSA) is 43.4 Å². The van der Waals surface area contributed by atoms with Crippen LogP contribution in [0.2, 0.25) is 0 Å². The van der Waals surface area contributed by atoms with Gasteiger partial charge in [-0.2, -0.15) is 0 Å². The van der Waals surface area contributed by atoms with E-state index in [0.717, 1.165) is 32.0 Å². The Labute approximate surface area is 85.8 Å². The fraction of sp³-hybridized carbons (Fsp3) is 0.818. The van der Waals surface area contributed by atoms with E-state index in [1.807, 2.05) is 13.8 Å². The predicted molar refractivity (Wildman–Crippen MR) is 54.9 cm³/mol. The van der Waals surface area contributed by atoms with Crippen LogP contribution < -0.4 is 0 Å². The van der Waals surface area contributed by atoms with E-state index >= 15 is 0 Å². The first kappa shape index (κ1) is 13.1. The molecule has 0 atom stereocenters. The van der Waals surface area contributed by atoms with Gasteiger partial charge in [0, 0.05) is 6.42 Å². The number of carbonyl (C=O) groups is 2. The van der Waals surface area contributed by atoms with Crippen LogP contribution in [0.3, 0.4) is 0 Å². The molecule has 0 spiro atoms. The molecule has 0 saturated carbocycles. The monoisotopic (exact) mass is 200 g/mol. The highest BCUT2D eigenvalue weighted by Gasteiger charge is 2.06. The van der Waals surface area contributed by atoms with Gasteiger partial charge in [-0.25, -0.2) is 0 Å². The summed E-state index contributed by atoms with van der Waals surface area (Å²) in [5.74, 6) is -0.164. The first-order valence-electron chi connectivity index (χ1n) is 5.28. The Hall–Kier alpha value is -0.860. The van der Waals surface area contributed by atoms with Gasteiger partial charge in [-0.15, -0.1) is 0 Å². The second-order valence-corrected chi connectivity index (χ2v) is 3.69. The van der Waals surface area contributed by atoms with E-state index < -0.39 is 0 Å². The van der Waals surface area contributed by atoms with Gasteiger partial charge in [0.25, 0.3) is 0 Å². The van der Waals surface area contributed by atoms with Gasteiger partial charge in [0.1, 0.15) is 6.29 Å². The van der Waals surface area contributed by atoms with E-state index in [1.54, 1.807) is 0 Å². The summed E-state index contributed by atoms with van der Waals surface area (Å²) >= 11 is 0. The van der Waals surface area contributed by atoms with Crippen molar-refractivity contribution in [2.45, 2.75) is 46.0 Å². The van der Waals surface area contributed by atoms with Gasteiger partial charge in [0.05, 0.1) is 12.5 Å². The van der Waals surface area contributed by atoms with Crippen molar-refractivity contribution < 1.29 is 14.3 Å². The summed E-state index contributed by atoms with van der Waals surface area (Å²) in [5.41, 5.74) is 0. The summed E-state index contributed by atoms with van der Waals surface area (Å²) in [6, 6.07) is 0. The van der Waals surface area contributed by atoms with E-state index in [2.05, 4.69) is 0 Å². The van der Waals surface area contributed by atoms with Crippen molar-refractivity contribution >= 4 is 12.3 Å². The van der Waals surface area contributed by atoms with Crippen LogP contribution in [-0.2, 0) is 14.3 Å². The number of hydrogen-bond donors (Lipinski definition) is 0. The molecule has 0 rings (SSSR count). The summed E-state index contributed by atoms with van der Waals surface area (Å²) in [7, 11) is 0. The zero-order valence-electron chi connectivity index (χ0n) is 9.12. The molecule has 0 heterocycles. The van der Waals surface area contributed by atoms with Crippen molar-refractivity contribution in [1.82, 2.24) is 0 Å². The van der Waals surface area contributed by atoms with Crippen molar-refractivity contribution in [2.24, 2.45) is 5.92 Å². The van der Waals surface area contributed by atoms with Crippen molar-refractivity contribution in [3.05, 3.63) is 0 Å². The lowest BCUT2D eigenvalue weighted by Crippen LogP contribution is -2.12. The third kappa shape index (κ3) is 7.77. The van der Waals surface area contributed by atoms with Crippen molar-refractivity contribution in [3.8, 4) is 0 Å². The molecule has 0 bridgehead atoms. The minimum atomic E-state index is -0.127. The molecular formula is C11H20O3. The lowest BCUT2D eigenvalue weighted by atomic mass is 10.1. The number of aldehydes is 1. The van der Waals surface area contributed by atoms with Crippen LogP contribution in [0, 0.1) is 5.92 Å². The maximum atomic E-state index is 11.0. The van der Waals surface area contributed by atoms with Gasteiger partial charge in [-0.1, -0.05) is 26.7 Å². The highest BCUT2D eigenvalue weighted by atomic mass is 16.5. The second kappa shape index (κ2) is 8.73. The van der Waals surface area contributed by atoms with Crippen LogP contribution in [0.1, 0.15) is 46.0 Å². The Balaban J connectivity index is 3.13. The molecule has 0 saturated heterocycles. The Morgan fingerprint density at radius 2 is 1.86 bits per heavy atom. The smallest absolute Gasteiger partial charge is 0.308 e. The van der Waals surface area contributed by atoms with Gasteiger partial charge in [0.2, 0.25) is 0 Å². The van der Waals surface area contributed by atoms with Crippen LogP contribution in [-0.4, -0.2) is 18.9 Å². The molecule has 14 heavy (non-hydrogen) atoms. The molecule has 82 valence electrons. The molecule has 0 N–H and O–H groups in total. The number of rotatable bonds is 8. The molecule has 0 aliphatic carbocycles. The standard InChI is InChI=1S/C11H20O3/c1-10(2)11(13)14-9-7-5-3-4-6-8-12/h8,10H,3-7,9H2,1-2H3. The highest BCUT2D eigenvalue weighted by Crippen LogP contribution is 2.03. The number of carbonyl (C=O) groups excluding carboxylic acids is 2. The molecule has 0 radical (unpaired) electrons. The lowest BCUT2D eigenvalue weighted by Gasteiger charge is -2.06. The average Bonchev–Trinajstić information content (AvgIpc) is 2.16. The van der Waals surface area contributed by atoms with E-state index in [1.165, 1.54) is 0 Å². The second-order valence-electron chi connectivity index (χ2n) is 3.69. The molecule has 0 aliphatic rings. The molecule has 0 aliphatic heterocycles. The molecule has 0 amide bonds. The average molecular weight is 200 g/mol. The molecule has 3 heteroatoms. The van der Waals surface area contributed by atoms with Gasteiger partial charge < -0.3 is 9.53 Å². The lowest BCUT2D eigenvalue weighted by molar-refractivity contribution is -0.147. The summed E-state index contributed by atoms with van der Waals surface area (Å²) < 4.78 is 5.00. The third-order valence-electron chi connectivity index (χ3n) is 1.93. The number of hydrogen-bond acceptors (Lipinski definition) is 3. The summed E-state index contributed by atoms with van der Waals surface area (Å²) in [6.45, 7) is 4.16. The summed E-state index contributed by atoms with van der Waals surface area (Å²) in [6.07, 6.45) is 5.50. The Morgan fingerprint density at radius 1 is 1.21 bits per heavy atom. The quantitative estimate of drug-likeness (QED) is 0.343. The molecule has 0 fully saturated rings. The van der Waals surface area contributed by atoms with Crippen LogP contribution in [0.4, 0.5) is 0 Å². The normalized spacial score (nSPS) is 10.2. The Kier molecular flexibility index (Phi) is 8.19. The fourth-order valence-corrected chi connectivity index (χ4v) is 1.02. The Bertz CT molecular complexity index is 164. The molecule has 0 unspecified atom stereocenters. The van der Waals surface area contributed by atoms with Gasteiger partial charge in [-0.3, -0.25) is 4.79 Å². The number of ether oxygens (including phenoxy) is 1. The van der Waals surface area contributed by atoms with Crippen LogP contribution in [0.25, 0.3) is 0 Å². The third-order valence-corrected chi connectivity index (χ3v) is 1.93. The van der Waals surface area contributed by atoms with Gasteiger partial charge in [-0.05, 0) is 12.8 Å². The molecule has 0 aromatic rings. The van der Waals surface area contributed by atoms with Crippen LogP contribution in [0.15, 0.2) is 0 Å². The van der Waals surface area contributed by atoms with Gasteiger partial charge >= 0.3 is 5.97 Å². The maximum Gasteiger partial charge on any atom is 0.308 e. The zero-order valence-corrected chi connectivity index (χ0v) is 9.12. The fourth-order valence-electron chi connectivity index (χ4n) is 1.02. The van der Waals surface area contributed by atoms with Crippen molar-refractivity contribution in [1.29, 1.82) is 0 Å². The van der Waals surface area contributed by atoms with Crippen molar-refractivity contribution in [2.75, 3.05) is 6.61 Å². The Morgan fingerprint density at radius 3 is 2.43 bits per heavy atom. The minimum Gasteiger partial charge on any atom is -0.465 e. The molecule has 0 aromatic carbocycles. The summed E-state index contributed by atoms with van der Waals surface area (Å²) in [4.78, 5) is 21.0. The highest BCUT2D eigenvalue weighted by molar-refractivity contribution is 5.71. The number of esters is 1. The zero-order chi connectivity index (χ0) is 10.8. The van der Waals surface area contributed by atoms with Crippen LogP contribution >= 0.6 is 0 Å². The SMILES string of the molecule is CC(C)C(=O)OCCCCCCC=O. The maximum absolute atomic E-state index is 11.0. The number of unbranched alkanes of at least 4 members (excludes halogenated alkanes) is 4. The summed E-state index contributed by atoms with van der Waals surface area (Å²) in [5, 5.41) is 0. The van der Waals surface area contributed by atoms with E-state index in [0.29, 0.717) is 13.0 Å². The van der Waals surface area contributed by atoms with E-state index in [4.69, 9.17) is 4.74 Å². The predicted octanol–water partition coefficient (Wildman–Crippen LogP) is 2.33. The first-order chi connectivity index (χ1) is 6.68. The minimum absolute atomic E-state index is 0.0370. The largest absolute Gasteiger partial charge is 0.465 e. The van der Waals surface area contributed by atoms with E-state index in [9.17, 15) is 9.59 Å². The van der Waals surface area contributed by atoms with Crippen LogP contribution in [0.5, 0.6) is 0 Å². The van der Waals surface area contributed by atoms with Gasteiger partial charge in [0.15, 0.2) is 0 Å². The molecule has 0 aromatic heterocycles. The molecule has 3 nitrogen and oxygen atoms in total. The molecular weight excluding hydrogens is 180 g/mol. The first-order valence-corrected chi connectivity index (χ1v) is 5.28. The van der Waals surface area contributed by atoms with Crippen molar-refractivity contribution in [3.63, 3.8) is 0 Å². The van der Waals surface area contributed by atoms with E-state index in [-0.39, 0.29) is 11.9 Å².